The molecule has 0 spiro atoms. The summed E-state index contributed by atoms with van der Waals surface area (Å²) >= 11 is 0. The predicted octanol–water partition coefficient (Wildman–Crippen LogP) is 3.25. The molecular formula is C17H24N2O. The van der Waals surface area contributed by atoms with Crippen LogP contribution in [0.2, 0.25) is 0 Å². The first-order valence-electron chi connectivity index (χ1n) is 7.51. The SMILES string of the molecule is CN1CCC(C)(CNCc2coc3ccccc23)CC1. The minimum Gasteiger partial charge on any atom is -0.464 e. The molecule has 3 heteroatoms. The van der Waals surface area contributed by atoms with Gasteiger partial charge in [0.15, 0.2) is 0 Å². The van der Waals surface area contributed by atoms with Gasteiger partial charge in [0.2, 0.25) is 0 Å². The van der Waals surface area contributed by atoms with Gasteiger partial charge in [-0.3, -0.25) is 0 Å². The summed E-state index contributed by atoms with van der Waals surface area (Å²) in [5, 5.41) is 4.86. The Morgan fingerprint density at radius 3 is 2.80 bits per heavy atom. The van der Waals surface area contributed by atoms with Gasteiger partial charge in [0.05, 0.1) is 6.26 Å². The highest BCUT2D eigenvalue weighted by molar-refractivity contribution is 5.80. The molecule has 1 aromatic carbocycles. The molecule has 0 bridgehead atoms. The summed E-state index contributed by atoms with van der Waals surface area (Å²) in [6, 6.07) is 8.24. The number of nitrogens with zero attached hydrogens (tertiary/aromatic N) is 1. The molecule has 1 aliphatic heterocycles. The molecule has 0 saturated carbocycles. The first kappa shape index (κ1) is 13.7. The molecule has 108 valence electrons. The van der Waals surface area contributed by atoms with E-state index in [0.29, 0.717) is 5.41 Å². The predicted molar refractivity (Wildman–Crippen MR) is 82.8 cm³/mol. The van der Waals surface area contributed by atoms with Gasteiger partial charge in [-0.1, -0.05) is 25.1 Å². The van der Waals surface area contributed by atoms with Gasteiger partial charge in [0.1, 0.15) is 5.58 Å². The van der Waals surface area contributed by atoms with Crippen LogP contribution in [-0.4, -0.2) is 31.6 Å². The van der Waals surface area contributed by atoms with Crippen molar-refractivity contribution in [2.24, 2.45) is 5.41 Å². The van der Waals surface area contributed by atoms with Crippen LogP contribution in [0, 0.1) is 5.41 Å². The highest BCUT2D eigenvalue weighted by Crippen LogP contribution is 2.29. The topological polar surface area (TPSA) is 28.4 Å². The fourth-order valence-corrected chi connectivity index (χ4v) is 3.00. The third-order valence-corrected chi connectivity index (χ3v) is 4.62. The van der Waals surface area contributed by atoms with Crippen molar-refractivity contribution in [2.75, 3.05) is 26.7 Å². The molecule has 0 unspecified atom stereocenters. The van der Waals surface area contributed by atoms with Gasteiger partial charge in [-0.15, -0.1) is 0 Å². The first-order chi connectivity index (χ1) is 9.66. The van der Waals surface area contributed by atoms with Crippen molar-refractivity contribution in [1.82, 2.24) is 10.2 Å². The van der Waals surface area contributed by atoms with Crippen molar-refractivity contribution in [1.29, 1.82) is 0 Å². The Morgan fingerprint density at radius 2 is 2.00 bits per heavy atom. The first-order valence-corrected chi connectivity index (χ1v) is 7.51. The monoisotopic (exact) mass is 272 g/mol. The Hall–Kier alpha value is -1.32. The number of hydrogen-bond donors (Lipinski definition) is 1. The minimum atomic E-state index is 0.437. The summed E-state index contributed by atoms with van der Waals surface area (Å²) in [6.07, 6.45) is 4.44. The van der Waals surface area contributed by atoms with E-state index < -0.39 is 0 Å². The van der Waals surface area contributed by atoms with Crippen molar-refractivity contribution in [3.8, 4) is 0 Å². The maximum Gasteiger partial charge on any atom is 0.134 e. The standard InChI is InChI=1S/C17H24N2O/c1-17(7-9-19(2)10-8-17)13-18-11-14-12-20-16-6-4-3-5-15(14)16/h3-6,12,18H,7-11,13H2,1-2H3. The van der Waals surface area contributed by atoms with Gasteiger partial charge in [-0.05, 0) is 44.5 Å². The van der Waals surface area contributed by atoms with E-state index in [1.54, 1.807) is 0 Å². The number of rotatable bonds is 4. The summed E-state index contributed by atoms with van der Waals surface area (Å²) in [5.74, 6) is 0. The lowest BCUT2D eigenvalue weighted by Gasteiger charge is -2.38. The molecule has 0 aliphatic carbocycles. The Balaban J connectivity index is 1.57. The second-order valence-electron chi connectivity index (χ2n) is 6.47. The summed E-state index contributed by atoms with van der Waals surface area (Å²) < 4.78 is 5.58. The second-order valence-corrected chi connectivity index (χ2v) is 6.47. The van der Waals surface area contributed by atoms with Gasteiger partial charge in [0, 0.05) is 24.0 Å². The number of hydrogen-bond acceptors (Lipinski definition) is 3. The van der Waals surface area contributed by atoms with E-state index in [1.807, 2.05) is 18.4 Å². The quantitative estimate of drug-likeness (QED) is 0.926. The largest absolute Gasteiger partial charge is 0.464 e. The fraction of sp³-hybridized carbons (Fsp3) is 0.529. The number of benzene rings is 1. The highest BCUT2D eigenvalue weighted by Gasteiger charge is 2.28. The van der Waals surface area contributed by atoms with E-state index in [2.05, 4.69) is 36.3 Å². The third-order valence-electron chi connectivity index (χ3n) is 4.62. The molecule has 2 heterocycles. The molecule has 2 aromatic rings. The normalized spacial score (nSPS) is 19.5. The zero-order chi connectivity index (χ0) is 14.0. The average molecular weight is 272 g/mol. The maximum atomic E-state index is 5.58. The number of piperidine rings is 1. The fourth-order valence-electron chi connectivity index (χ4n) is 3.00. The van der Waals surface area contributed by atoms with Crippen LogP contribution in [0.4, 0.5) is 0 Å². The summed E-state index contributed by atoms with van der Waals surface area (Å²) in [4.78, 5) is 2.42. The van der Waals surface area contributed by atoms with Gasteiger partial charge >= 0.3 is 0 Å². The Morgan fingerprint density at radius 1 is 1.25 bits per heavy atom. The van der Waals surface area contributed by atoms with E-state index in [0.717, 1.165) is 18.7 Å². The van der Waals surface area contributed by atoms with Gasteiger partial charge in [0.25, 0.3) is 0 Å². The molecule has 3 rings (SSSR count). The summed E-state index contributed by atoms with van der Waals surface area (Å²) in [7, 11) is 2.21. The van der Waals surface area contributed by atoms with Gasteiger partial charge < -0.3 is 14.6 Å². The van der Waals surface area contributed by atoms with Crippen LogP contribution in [0.1, 0.15) is 25.3 Å². The zero-order valence-corrected chi connectivity index (χ0v) is 12.5. The average Bonchev–Trinajstić information content (AvgIpc) is 2.86. The van der Waals surface area contributed by atoms with Gasteiger partial charge in [-0.25, -0.2) is 0 Å². The van der Waals surface area contributed by atoms with Crippen LogP contribution in [0.3, 0.4) is 0 Å². The van der Waals surface area contributed by atoms with Crippen LogP contribution in [-0.2, 0) is 6.54 Å². The Labute approximate surface area is 120 Å². The molecule has 1 aromatic heterocycles. The van der Waals surface area contributed by atoms with Crippen molar-refractivity contribution in [3.63, 3.8) is 0 Å². The molecule has 0 atom stereocenters. The lowest BCUT2D eigenvalue weighted by molar-refractivity contribution is 0.137. The highest BCUT2D eigenvalue weighted by atomic mass is 16.3. The smallest absolute Gasteiger partial charge is 0.134 e. The van der Waals surface area contributed by atoms with Crippen LogP contribution in [0.5, 0.6) is 0 Å². The summed E-state index contributed by atoms with van der Waals surface area (Å²) in [5.41, 5.74) is 2.68. The van der Waals surface area contributed by atoms with E-state index in [1.165, 1.54) is 36.9 Å². The zero-order valence-electron chi connectivity index (χ0n) is 12.5. The molecule has 1 aliphatic rings. The van der Waals surface area contributed by atoms with Crippen molar-refractivity contribution in [3.05, 3.63) is 36.1 Å². The van der Waals surface area contributed by atoms with Crippen LogP contribution in [0.25, 0.3) is 11.0 Å². The molecule has 1 saturated heterocycles. The molecule has 1 N–H and O–H groups in total. The van der Waals surface area contributed by atoms with E-state index in [-0.39, 0.29) is 0 Å². The Bertz CT molecular complexity index is 567. The minimum absolute atomic E-state index is 0.437. The number of nitrogens with one attached hydrogen (secondary N) is 1. The molecule has 20 heavy (non-hydrogen) atoms. The number of likely N-dealkylation sites (tertiary alicyclic amines) is 1. The van der Waals surface area contributed by atoms with Crippen molar-refractivity contribution in [2.45, 2.75) is 26.3 Å². The van der Waals surface area contributed by atoms with Crippen LogP contribution >= 0.6 is 0 Å². The lowest BCUT2D eigenvalue weighted by atomic mass is 9.80. The van der Waals surface area contributed by atoms with Crippen LogP contribution < -0.4 is 5.32 Å². The van der Waals surface area contributed by atoms with E-state index in [4.69, 9.17) is 4.42 Å². The van der Waals surface area contributed by atoms with Crippen LogP contribution in [0.15, 0.2) is 34.9 Å². The molecule has 1 fully saturated rings. The molecular weight excluding hydrogens is 248 g/mol. The summed E-state index contributed by atoms with van der Waals surface area (Å²) in [6.45, 7) is 6.81. The van der Waals surface area contributed by atoms with Crippen molar-refractivity contribution >= 4 is 11.0 Å². The Kier molecular flexibility index (Phi) is 3.81. The molecule has 3 nitrogen and oxygen atoms in total. The van der Waals surface area contributed by atoms with Crippen molar-refractivity contribution < 1.29 is 4.42 Å². The third kappa shape index (κ3) is 2.89. The number of fused-ring (bicyclic) bond motifs is 1. The lowest BCUT2D eigenvalue weighted by Crippen LogP contribution is -2.41. The van der Waals surface area contributed by atoms with Gasteiger partial charge in [-0.2, -0.15) is 0 Å². The van der Waals surface area contributed by atoms with E-state index in [9.17, 15) is 0 Å². The number of para-hydroxylation sites is 1. The van der Waals surface area contributed by atoms with E-state index >= 15 is 0 Å². The second kappa shape index (κ2) is 5.58. The molecule has 0 amide bonds. The molecule has 0 radical (unpaired) electrons. The number of furan rings is 1. The maximum absolute atomic E-state index is 5.58.